The fourth-order valence-electron chi connectivity index (χ4n) is 3.25. The third-order valence-electron chi connectivity index (χ3n) is 4.80. The summed E-state index contributed by atoms with van der Waals surface area (Å²) >= 11 is 0. The molecule has 0 spiro atoms. The molecule has 128 valence electrons. The van der Waals surface area contributed by atoms with E-state index < -0.39 is 0 Å². The SMILES string of the molecule is Cc1ccc(O)c(CN[C@@H]2CC(=O)N(C)[C@H]2c2cnn(C)c2C)n1. The lowest BCUT2D eigenvalue weighted by Gasteiger charge is -2.25. The van der Waals surface area contributed by atoms with Gasteiger partial charge in [0.1, 0.15) is 5.75 Å². The highest BCUT2D eigenvalue weighted by Crippen LogP contribution is 2.33. The van der Waals surface area contributed by atoms with E-state index in [9.17, 15) is 9.90 Å². The van der Waals surface area contributed by atoms with Crippen LogP contribution in [-0.2, 0) is 18.4 Å². The van der Waals surface area contributed by atoms with E-state index in [2.05, 4.69) is 15.4 Å². The Bertz CT molecular complexity index is 770. The van der Waals surface area contributed by atoms with Gasteiger partial charge in [0.15, 0.2) is 0 Å². The maximum Gasteiger partial charge on any atom is 0.224 e. The van der Waals surface area contributed by atoms with Gasteiger partial charge in [0.2, 0.25) is 5.91 Å². The molecule has 0 radical (unpaired) electrons. The lowest BCUT2D eigenvalue weighted by Crippen LogP contribution is -2.35. The molecule has 7 nitrogen and oxygen atoms in total. The largest absolute Gasteiger partial charge is 0.506 e. The Morgan fingerprint density at radius 2 is 2.08 bits per heavy atom. The van der Waals surface area contributed by atoms with Crippen LogP contribution in [0.2, 0.25) is 0 Å². The molecule has 1 fully saturated rings. The van der Waals surface area contributed by atoms with E-state index in [0.717, 1.165) is 17.0 Å². The van der Waals surface area contributed by atoms with Crippen molar-refractivity contribution in [3.8, 4) is 5.75 Å². The summed E-state index contributed by atoms with van der Waals surface area (Å²) in [5.41, 5.74) is 3.54. The number of amides is 1. The molecule has 2 N–H and O–H groups in total. The lowest BCUT2D eigenvalue weighted by atomic mass is 10.0. The average molecular weight is 329 g/mol. The minimum absolute atomic E-state index is 0.0490. The molecule has 3 heterocycles. The van der Waals surface area contributed by atoms with Crippen LogP contribution >= 0.6 is 0 Å². The predicted octanol–water partition coefficient (Wildman–Crippen LogP) is 1.20. The molecule has 0 unspecified atom stereocenters. The van der Waals surface area contributed by atoms with E-state index in [1.807, 2.05) is 38.8 Å². The predicted molar refractivity (Wildman–Crippen MR) is 89.3 cm³/mol. The van der Waals surface area contributed by atoms with E-state index in [1.165, 1.54) is 0 Å². The van der Waals surface area contributed by atoms with Crippen molar-refractivity contribution in [1.82, 2.24) is 25.0 Å². The number of likely N-dealkylation sites (N-methyl/N-ethyl adjacent to an activating group) is 1. The van der Waals surface area contributed by atoms with Gasteiger partial charge in [-0.25, -0.2) is 0 Å². The smallest absolute Gasteiger partial charge is 0.224 e. The number of hydrogen-bond acceptors (Lipinski definition) is 5. The van der Waals surface area contributed by atoms with Crippen LogP contribution < -0.4 is 5.32 Å². The molecular weight excluding hydrogens is 306 g/mol. The number of nitrogens with zero attached hydrogens (tertiary/aromatic N) is 4. The molecule has 0 aliphatic carbocycles. The zero-order valence-corrected chi connectivity index (χ0v) is 14.4. The summed E-state index contributed by atoms with van der Waals surface area (Å²) in [5.74, 6) is 0.266. The lowest BCUT2D eigenvalue weighted by molar-refractivity contribution is -0.127. The van der Waals surface area contributed by atoms with Gasteiger partial charge in [-0.3, -0.25) is 14.5 Å². The summed E-state index contributed by atoms with van der Waals surface area (Å²) in [4.78, 5) is 18.3. The van der Waals surface area contributed by atoms with Crippen LogP contribution in [0.15, 0.2) is 18.3 Å². The highest BCUT2D eigenvalue weighted by Gasteiger charge is 2.39. The molecule has 1 aliphatic rings. The molecule has 3 rings (SSSR count). The summed E-state index contributed by atoms with van der Waals surface area (Å²) in [7, 11) is 3.72. The molecular formula is C17H23N5O2. The molecule has 1 saturated heterocycles. The van der Waals surface area contributed by atoms with Gasteiger partial charge in [-0.1, -0.05) is 0 Å². The molecule has 0 aromatic carbocycles. The van der Waals surface area contributed by atoms with Crippen molar-refractivity contribution >= 4 is 5.91 Å². The third-order valence-corrected chi connectivity index (χ3v) is 4.80. The van der Waals surface area contributed by atoms with Crippen LogP contribution in [-0.4, -0.2) is 43.8 Å². The van der Waals surface area contributed by atoms with Crippen molar-refractivity contribution < 1.29 is 9.90 Å². The number of hydrogen-bond donors (Lipinski definition) is 2. The first kappa shape index (κ1) is 16.4. The highest BCUT2D eigenvalue weighted by molar-refractivity contribution is 5.80. The zero-order chi connectivity index (χ0) is 17.4. The van der Waals surface area contributed by atoms with Crippen LogP contribution in [0.1, 0.15) is 35.1 Å². The highest BCUT2D eigenvalue weighted by atomic mass is 16.3. The number of aryl methyl sites for hydroxylation is 2. The summed E-state index contributed by atoms with van der Waals surface area (Å²) < 4.78 is 1.82. The number of aromatic nitrogens is 3. The molecule has 24 heavy (non-hydrogen) atoms. The summed E-state index contributed by atoms with van der Waals surface area (Å²) in [6, 6.07) is 3.30. The van der Waals surface area contributed by atoms with Gasteiger partial charge in [0.05, 0.1) is 17.9 Å². The summed E-state index contributed by atoms with van der Waals surface area (Å²) in [6.07, 6.45) is 2.24. The molecule has 0 bridgehead atoms. The van der Waals surface area contributed by atoms with E-state index >= 15 is 0 Å². The standard InChI is InChI=1S/C17H23N5O2/c1-10-5-6-15(23)14(20-10)9-18-13-7-16(24)21(3)17(13)12-8-19-22(4)11(12)2/h5-6,8,13,17-18,23H,7,9H2,1-4H3/t13-,17+/m1/s1. The Balaban J connectivity index is 1.82. The van der Waals surface area contributed by atoms with Crippen molar-refractivity contribution in [3.63, 3.8) is 0 Å². The van der Waals surface area contributed by atoms with Gasteiger partial charge in [0.25, 0.3) is 0 Å². The summed E-state index contributed by atoms with van der Waals surface area (Å²) in [5, 5.41) is 17.6. The van der Waals surface area contributed by atoms with Crippen LogP contribution in [0.4, 0.5) is 0 Å². The third kappa shape index (κ3) is 2.87. The monoisotopic (exact) mass is 329 g/mol. The Hall–Kier alpha value is -2.41. The van der Waals surface area contributed by atoms with Crippen molar-refractivity contribution in [2.75, 3.05) is 7.05 Å². The number of likely N-dealkylation sites (tertiary alicyclic amines) is 1. The van der Waals surface area contributed by atoms with Crippen LogP contribution in [0.25, 0.3) is 0 Å². The number of carbonyl (C=O) groups is 1. The number of nitrogens with one attached hydrogen (secondary N) is 1. The van der Waals surface area contributed by atoms with Crippen LogP contribution in [0.5, 0.6) is 5.75 Å². The number of carbonyl (C=O) groups excluding carboxylic acids is 1. The normalized spacial score (nSPS) is 20.8. The Morgan fingerprint density at radius 1 is 1.33 bits per heavy atom. The molecule has 1 aliphatic heterocycles. The Kier molecular flexibility index (Phi) is 4.28. The number of aromatic hydroxyl groups is 1. The average Bonchev–Trinajstić information content (AvgIpc) is 3.01. The van der Waals surface area contributed by atoms with Crippen molar-refractivity contribution in [2.24, 2.45) is 7.05 Å². The number of pyridine rings is 1. The van der Waals surface area contributed by atoms with E-state index in [0.29, 0.717) is 18.7 Å². The molecule has 2 atom stereocenters. The van der Waals surface area contributed by atoms with Crippen LogP contribution in [0.3, 0.4) is 0 Å². The maximum atomic E-state index is 12.2. The van der Waals surface area contributed by atoms with E-state index in [4.69, 9.17) is 0 Å². The second-order valence-corrected chi connectivity index (χ2v) is 6.37. The molecule has 0 saturated carbocycles. The van der Waals surface area contributed by atoms with Gasteiger partial charge in [-0.2, -0.15) is 5.10 Å². The van der Waals surface area contributed by atoms with Gasteiger partial charge < -0.3 is 15.3 Å². The second-order valence-electron chi connectivity index (χ2n) is 6.37. The fourth-order valence-corrected chi connectivity index (χ4v) is 3.25. The Morgan fingerprint density at radius 3 is 2.75 bits per heavy atom. The first-order valence-electron chi connectivity index (χ1n) is 8.01. The maximum absolute atomic E-state index is 12.2. The van der Waals surface area contributed by atoms with Gasteiger partial charge in [-0.15, -0.1) is 0 Å². The second kappa shape index (κ2) is 6.24. The number of rotatable bonds is 4. The van der Waals surface area contributed by atoms with Gasteiger partial charge in [0, 0.05) is 50.1 Å². The van der Waals surface area contributed by atoms with Crippen molar-refractivity contribution in [3.05, 3.63) is 41.0 Å². The zero-order valence-electron chi connectivity index (χ0n) is 14.4. The summed E-state index contributed by atoms with van der Waals surface area (Å²) in [6.45, 7) is 4.30. The minimum Gasteiger partial charge on any atom is -0.506 e. The van der Waals surface area contributed by atoms with Crippen molar-refractivity contribution in [1.29, 1.82) is 0 Å². The Labute approximate surface area is 141 Å². The van der Waals surface area contributed by atoms with Gasteiger partial charge in [-0.05, 0) is 26.0 Å². The molecule has 1 amide bonds. The van der Waals surface area contributed by atoms with Gasteiger partial charge >= 0.3 is 0 Å². The quantitative estimate of drug-likeness (QED) is 0.881. The van der Waals surface area contributed by atoms with Crippen LogP contribution in [0, 0.1) is 13.8 Å². The minimum atomic E-state index is -0.0712. The van der Waals surface area contributed by atoms with E-state index in [-0.39, 0.29) is 23.7 Å². The molecule has 2 aromatic rings. The first-order valence-corrected chi connectivity index (χ1v) is 8.01. The van der Waals surface area contributed by atoms with E-state index in [1.54, 1.807) is 17.0 Å². The topological polar surface area (TPSA) is 83.3 Å². The fraction of sp³-hybridized carbons (Fsp3) is 0.471. The van der Waals surface area contributed by atoms with Crippen molar-refractivity contribution in [2.45, 2.75) is 38.9 Å². The first-order chi connectivity index (χ1) is 11.4. The molecule has 2 aromatic heterocycles. The molecule has 7 heteroatoms.